The highest BCUT2D eigenvalue weighted by molar-refractivity contribution is 7.98. The zero-order chi connectivity index (χ0) is 17.1. The second-order valence-corrected chi connectivity index (χ2v) is 7.22. The number of benzene rings is 1. The number of imidazole rings is 1. The van der Waals surface area contributed by atoms with E-state index in [9.17, 15) is 4.79 Å². The van der Waals surface area contributed by atoms with E-state index in [-0.39, 0.29) is 36.8 Å². The molecule has 0 bridgehead atoms. The van der Waals surface area contributed by atoms with Crippen molar-refractivity contribution in [2.75, 3.05) is 13.1 Å². The second-order valence-electron chi connectivity index (χ2n) is 6.17. The Morgan fingerprint density at radius 3 is 2.74 bits per heavy atom. The van der Waals surface area contributed by atoms with E-state index in [0.29, 0.717) is 5.56 Å². The molecule has 144 valence electrons. The van der Waals surface area contributed by atoms with Crippen molar-refractivity contribution in [1.82, 2.24) is 20.0 Å². The number of rotatable bonds is 5. The molecule has 1 saturated heterocycles. The standard InChI is InChI=1S/C19H20N4OS.2ClH/c24-19(22-15-8-9-20-11-15)14-4-6-17(7-5-14)25-13-16-12-23-10-2-1-3-18(23)21-16;;/h1-7,10,12,15,20H,8-9,11,13H2,(H,22,24);2*1H. The van der Waals surface area contributed by atoms with Crippen molar-refractivity contribution in [1.29, 1.82) is 0 Å². The summed E-state index contributed by atoms with van der Waals surface area (Å²) in [6.07, 6.45) is 5.06. The molecule has 1 atom stereocenters. The summed E-state index contributed by atoms with van der Waals surface area (Å²) in [6.45, 7) is 1.84. The molecule has 2 aromatic heterocycles. The normalized spacial score (nSPS) is 15.8. The van der Waals surface area contributed by atoms with Crippen LogP contribution >= 0.6 is 36.6 Å². The molecule has 1 aromatic carbocycles. The Labute approximate surface area is 175 Å². The molecule has 3 heterocycles. The lowest BCUT2D eigenvalue weighted by atomic mass is 10.2. The van der Waals surface area contributed by atoms with Gasteiger partial charge in [-0.25, -0.2) is 4.98 Å². The Morgan fingerprint density at radius 1 is 1.22 bits per heavy atom. The molecule has 0 spiro atoms. The molecule has 4 rings (SSSR count). The number of pyridine rings is 1. The molecule has 1 aliphatic rings. The van der Waals surface area contributed by atoms with Crippen molar-refractivity contribution in [3.63, 3.8) is 0 Å². The van der Waals surface area contributed by atoms with Gasteiger partial charge in [0.15, 0.2) is 0 Å². The molecule has 1 aliphatic heterocycles. The van der Waals surface area contributed by atoms with Crippen LogP contribution < -0.4 is 10.6 Å². The van der Waals surface area contributed by atoms with E-state index >= 15 is 0 Å². The highest BCUT2D eigenvalue weighted by atomic mass is 35.5. The largest absolute Gasteiger partial charge is 0.348 e. The van der Waals surface area contributed by atoms with Gasteiger partial charge in [-0.15, -0.1) is 36.6 Å². The molecule has 3 aromatic rings. The third-order valence-electron chi connectivity index (χ3n) is 4.31. The number of nitrogens with zero attached hydrogens (tertiary/aromatic N) is 2. The summed E-state index contributed by atoms with van der Waals surface area (Å²) < 4.78 is 2.03. The number of nitrogens with one attached hydrogen (secondary N) is 2. The quantitative estimate of drug-likeness (QED) is 0.614. The fourth-order valence-electron chi connectivity index (χ4n) is 2.96. The summed E-state index contributed by atoms with van der Waals surface area (Å²) in [5.74, 6) is 0.812. The van der Waals surface area contributed by atoms with Crippen molar-refractivity contribution >= 4 is 48.1 Å². The predicted molar refractivity (Wildman–Crippen MR) is 114 cm³/mol. The summed E-state index contributed by atoms with van der Waals surface area (Å²) in [6, 6.07) is 14.0. The predicted octanol–water partition coefficient (Wildman–Crippen LogP) is 3.56. The summed E-state index contributed by atoms with van der Waals surface area (Å²) in [5.41, 5.74) is 2.72. The smallest absolute Gasteiger partial charge is 0.251 e. The van der Waals surface area contributed by atoms with Crippen LogP contribution in [-0.4, -0.2) is 34.4 Å². The molecule has 1 amide bonds. The van der Waals surface area contributed by atoms with Gasteiger partial charge in [0.2, 0.25) is 0 Å². The molecule has 0 radical (unpaired) electrons. The Morgan fingerprint density at radius 2 is 2.04 bits per heavy atom. The van der Waals surface area contributed by atoms with Crippen molar-refractivity contribution < 1.29 is 4.79 Å². The first-order chi connectivity index (χ1) is 12.3. The van der Waals surface area contributed by atoms with Gasteiger partial charge in [-0.2, -0.15) is 0 Å². The first-order valence-electron chi connectivity index (χ1n) is 8.45. The van der Waals surface area contributed by atoms with Gasteiger partial charge in [0.1, 0.15) is 5.65 Å². The number of thioether (sulfide) groups is 1. The lowest BCUT2D eigenvalue weighted by Gasteiger charge is -2.11. The Kier molecular flexibility index (Phi) is 7.98. The minimum absolute atomic E-state index is 0. The highest BCUT2D eigenvalue weighted by Crippen LogP contribution is 2.23. The van der Waals surface area contributed by atoms with Gasteiger partial charge >= 0.3 is 0 Å². The average molecular weight is 425 g/mol. The Hall–Kier alpha value is -1.73. The van der Waals surface area contributed by atoms with Crippen LogP contribution in [0.3, 0.4) is 0 Å². The molecule has 27 heavy (non-hydrogen) atoms. The monoisotopic (exact) mass is 424 g/mol. The molecular formula is C19H22Cl2N4OS. The van der Waals surface area contributed by atoms with Gasteiger partial charge in [0, 0.05) is 41.2 Å². The summed E-state index contributed by atoms with van der Waals surface area (Å²) in [7, 11) is 0. The van der Waals surface area contributed by atoms with Crippen LogP contribution in [-0.2, 0) is 5.75 Å². The molecule has 1 fully saturated rings. The summed E-state index contributed by atoms with van der Waals surface area (Å²) in [5, 5.41) is 6.32. The minimum Gasteiger partial charge on any atom is -0.348 e. The first-order valence-corrected chi connectivity index (χ1v) is 9.43. The number of amides is 1. The minimum atomic E-state index is 0. The SMILES string of the molecule is Cl.Cl.O=C(NC1CCNC1)c1ccc(SCc2cn3ccccc3n2)cc1. The maximum absolute atomic E-state index is 12.2. The van der Waals surface area contributed by atoms with Crippen LogP contribution in [0, 0.1) is 0 Å². The van der Waals surface area contributed by atoms with E-state index in [2.05, 4.69) is 21.8 Å². The van der Waals surface area contributed by atoms with E-state index in [4.69, 9.17) is 0 Å². The maximum atomic E-state index is 12.2. The molecule has 1 unspecified atom stereocenters. The van der Waals surface area contributed by atoms with Crippen LogP contribution in [0.4, 0.5) is 0 Å². The number of aromatic nitrogens is 2. The van der Waals surface area contributed by atoms with E-state index in [1.165, 1.54) is 0 Å². The molecule has 2 N–H and O–H groups in total. The second kappa shape index (κ2) is 9.99. The van der Waals surface area contributed by atoms with Gasteiger partial charge in [-0.05, 0) is 49.4 Å². The highest BCUT2D eigenvalue weighted by Gasteiger charge is 2.17. The molecule has 8 heteroatoms. The average Bonchev–Trinajstić information content (AvgIpc) is 3.29. The lowest BCUT2D eigenvalue weighted by molar-refractivity contribution is 0.0940. The van der Waals surface area contributed by atoms with E-state index < -0.39 is 0 Å². The van der Waals surface area contributed by atoms with E-state index in [1.54, 1.807) is 11.8 Å². The van der Waals surface area contributed by atoms with Crippen LogP contribution in [0.25, 0.3) is 5.65 Å². The van der Waals surface area contributed by atoms with Gasteiger partial charge in [0.05, 0.1) is 5.69 Å². The van der Waals surface area contributed by atoms with Crippen molar-refractivity contribution in [3.05, 3.63) is 66.1 Å². The van der Waals surface area contributed by atoms with Crippen LogP contribution in [0.1, 0.15) is 22.5 Å². The zero-order valence-electron chi connectivity index (χ0n) is 14.6. The van der Waals surface area contributed by atoms with Crippen LogP contribution in [0.5, 0.6) is 0 Å². The van der Waals surface area contributed by atoms with E-state index in [1.807, 2.05) is 53.1 Å². The van der Waals surface area contributed by atoms with Crippen LogP contribution in [0.2, 0.25) is 0 Å². The van der Waals surface area contributed by atoms with Gasteiger partial charge in [-0.1, -0.05) is 6.07 Å². The van der Waals surface area contributed by atoms with Crippen molar-refractivity contribution in [2.45, 2.75) is 23.1 Å². The van der Waals surface area contributed by atoms with Gasteiger partial charge in [0.25, 0.3) is 5.91 Å². The molecule has 5 nitrogen and oxygen atoms in total. The number of halogens is 2. The zero-order valence-corrected chi connectivity index (χ0v) is 17.1. The van der Waals surface area contributed by atoms with Gasteiger partial charge in [-0.3, -0.25) is 4.79 Å². The van der Waals surface area contributed by atoms with Crippen molar-refractivity contribution in [2.24, 2.45) is 0 Å². The summed E-state index contributed by atoms with van der Waals surface area (Å²) >= 11 is 1.72. The third-order valence-corrected chi connectivity index (χ3v) is 5.36. The fraction of sp³-hybridized carbons (Fsp3) is 0.263. The lowest BCUT2D eigenvalue weighted by Crippen LogP contribution is -2.36. The van der Waals surface area contributed by atoms with Crippen LogP contribution in [0.15, 0.2) is 59.8 Å². The molecular weight excluding hydrogens is 403 g/mol. The first kappa shape index (κ1) is 21.6. The number of carbonyl (C=O) groups excluding carboxylic acids is 1. The fourth-order valence-corrected chi connectivity index (χ4v) is 3.75. The number of hydrogen-bond acceptors (Lipinski definition) is 4. The molecule has 0 saturated carbocycles. The number of carbonyl (C=O) groups is 1. The number of hydrogen-bond donors (Lipinski definition) is 2. The maximum Gasteiger partial charge on any atom is 0.251 e. The van der Waals surface area contributed by atoms with E-state index in [0.717, 1.165) is 41.5 Å². The Balaban J connectivity index is 0.00000131. The number of fused-ring (bicyclic) bond motifs is 1. The van der Waals surface area contributed by atoms with Crippen molar-refractivity contribution in [3.8, 4) is 0 Å². The summed E-state index contributed by atoms with van der Waals surface area (Å²) in [4.78, 5) is 18.0. The topological polar surface area (TPSA) is 58.4 Å². The van der Waals surface area contributed by atoms with Gasteiger partial charge < -0.3 is 15.0 Å². The molecule has 0 aliphatic carbocycles. The Bertz CT molecular complexity index is 846. The third kappa shape index (κ3) is 5.39.